The first-order chi connectivity index (χ1) is 9.46. The molecule has 8 heteroatoms. The zero-order chi connectivity index (χ0) is 16.4. The lowest BCUT2D eigenvalue weighted by Crippen LogP contribution is -2.25. The van der Waals surface area contributed by atoms with Crippen LogP contribution >= 0.6 is 0 Å². The van der Waals surface area contributed by atoms with E-state index in [2.05, 4.69) is 6.07 Å². The van der Waals surface area contributed by atoms with E-state index in [4.69, 9.17) is 5.26 Å². The van der Waals surface area contributed by atoms with Crippen LogP contribution in [0.2, 0.25) is 0 Å². The minimum absolute atomic E-state index is 0.0478. The zero-order valence-electron chi connectivity index (χ0n) is 12.4. The highest BCUT2D eigenvalue weighted by molar-refractivity contribution is 7.91. The van der Waals surface area contributed by atoms with E-state index in [9.17, 15) is 16.8 Å². The number of sulfone groups is 2. The van der Waals surface area contributed by atoms with Crippen LogP contribution in [0, 0.1) is 17.2 Å². The average Bonchev–Trinajstić information content (AvgIpc) is 2.35. The molecule has 0 aliphatic carbocycles. The molecule has 1 rings (SSSR count). The van der Waals surface area contributed by atoms with Gasteiger partial charge in [-0.2, -0.15) is 5.26 Å². The van der Waals surface area contributed by atoms with Crippen molar-refractivity contribution in [2.75, 3.05) is 31.0 Å². The highest BCUT2D eigenvalue weighted by Crippen LogP contribution is 2.28. The third-order valence-corrected chi connectivity index (χ3v) is 5.17. The van der Waals surface area contributed by atoms with Gasteiger partial charge in [0.1, 0.15) is 0 Å². The van der Waals surface area contributed by atoms with E-state index in [1.807, 2.05) is 0 Å². The van der Waals surface area contributed by atoms with Crippen LogP contribution in [0.15, 0.2) is 28.0 Å². The van der Waals surface area contributed by atoms with Gasteiger partial charge in [0.25, 0.3) is 0 Å². The molecule has 0 radical (unpaired) electrons. The van der Waals surface area contributed by atoms with Crippen LogP contribution in [0.3, 0.4) is 0 Å². The second kappa shape index (κ2) is 6.03. The zero-order valence-corrected chi connectivity index (χ0v) is 14.0. The van der Waals surface area contributed by atoms with E-state index in [1.165, 1.54) is 12.1 Å². The van der Waals surface area contributed by atoms with E-state index in [-0.39, 0.29) is 15.7 Å². The Hall–Kier alpha value is -1.59. The lowest BCUT2D eigenvalue weighted by molar-refractivity contribution is 0.599. The molecular weight excluding hydrogens is 312 g/mol. The number of anilines is 1. The topological polar surface area (TPSA) is 95.3 Å². The van der Waals surface area contributed by atoms with E-state index in [1.54, 1.807) is 18.9 Å². The van der Waals surface area contributed by atoms with Crippen molar-refractivity contribution in [3.63, 3.8) is 0 Å². The predicted octanol–water partition coefficient (Wildman–Crippen LogP) is 1.09. The summed E-state index contributed by atoms with van der Waals surface area (Å²) in [6, 6.07) is 6.06. The molecule has 0 aliphatic rings. The van der Waals surface area contributed by atoms with Crippen molar-refractivity contribution in [2.45, 2.75) is 16.7 Å². The Balaban J connectivity index is 3.44. The Morgan fingerprint density at radius 3 is 2.19 bits per heavy atom. The third-order valence-electron chi connectivity index (χ3n) is 2.94. The molecule has 1 unspecified atom stereocenters. The van der Waals surface area contributed by atoms with Gasteiger partial charge < -0.3 is 4.90 Å². The van der Waals surface area contributed by atoms with Crippen LogP contribution in [-0.4, -0.2) is 42.9 Å². The second-order valence-corrected chi connectivity index (χ2v) is 9.08. The normalized spacial score (nSPS) is 13.5. The molecule has 1 atom stereocenters. The largest absolute Gasteiger partial charge is 0.372 e. The first-order valence-electron chi connectivity index (χ1n) is 6.11. The molecule has 0 saturated carbocycles. The molecule has 0 aromatic heterocycles. The van der Waals surface area contributed by atoms with Crippen molar-refractivity contribution in [1.82, 2.24) is 0 Å². The molecule has 21 heavy (non-hydrogen) atoms. The molecule has 0 amide bonds. The van der Waals surface area contributed by atoms with Gasteiger partial charge in [-0.3, -0.25) is 0 Å². The van der Waals surface area contributed by atoms with Crippen molar-refractivity contribution in [3.8, 4) is 6.07 Å². The van der Waals surface area contributed by atoms with Crippen molar-refractivity contribution in [3.05, 3.63) is 18.2 Å². The molecule has 0 saturated heterocycles. The lowest BCUT2D eigenvalue weighted by atomic mass is 10.2. The fraction of sp³-hybridized carbons (Fsp3) is 0.462. The van der Waals surface area contributed by atoms with Gasteiger partial charge in [-0.05, 0) is 25.1 Å². The standard InChI is InChI=1S/C13H18N2O4S2/c1-10(8-14)9-15(2)12-6-5-11(20(3,16)17)7-13(12)21(4,18)19/h5-7,10H,9H2,1-4H3. The second-order valence-electron chi connectivity index (χ2n) is 5.08. The van der Waals surface area contributed by atoms with Gasteiger partial charge in [-0.1, -0.05) is 0 Å². The fourth-order valence-electron chi connectivity index (χ4n) is 1.89. The third kappa shape index (κ3) is 4.44. The first kappa shape index (κ1) is 17.5. The molecule has 116 valence electrons. The minimum Gasteiger partial charge on any atom is -0.372 e. The van der Waals surface area contributed by atoms with Crippen LogP contribution < -0.4 is 4.90 Å². The Morgan fingerprint density at radius 1 is 1.19 bits per heavy atom. The van der Waals surface area contributed by atoms with E-state index in [0.717, 1.165) is 18.6 Å². The highest BCUT2D eigenvalue weighted by Gasteiger charge is 2.20. The maximum Gasteiger partial charge on any atom is 0.177 e. The molecular formula is C13H18N2O4S2. The maximum atomic E-state index is 11.9. The summed E-state index contributed by atoms with van der Waals surface area (Å²) in [5.74, 6) is -0.281. The summed E-state index contributed by atoms with van der Waals surface area (Å²) in [5.41, 5.74) is 0.381. The van der Waals surface area contributed by atoms with Crippen LogP contribution in [0.25, 0.3) is 0 Å². The molecule has 0 aliphatic heterocycles. The van der Waals surface area contributed by atoms with Crippen LogP contribution in [0.4, 0.5) is 5.69 Å². The summed E-state index contributed by atoms with van der Waals surface area (Å²) in [4.78, 5) is 1.53. The highest BCUT2D eigenvalue weighted by atomic mass is 32.2. The Kier molecular flexibility index (Phi) is 5.02. The molecule has 1 aromatic rings. The van der Waals surface area contributed by atoms with Gasteiger partial charge in [0, 0.05) is 26.1 Å². The van der Waals surface area contributed by atoms with Crippen LogP contribution in [0.5, 0.6) is 0 Å². The average molecular weight is 330 g/mol. The Labute approximate surface area is 125 Å². The molecule has 6 nitrogen and oxygen atoms in total. The number of rotatable bonds is 5. The van der Waals surface area contributed by atoms with Crippen LogP contribution in [0.1, 0.15) is 6.92 Å². The van der Waals surface area contributed by atoms with Gasteiger partial charge in [0.2, 0.25) is 0 Å². The molecule has 1 aromatic carbocycles. The minimum atomic E-state index is -3.59. The SMILES string of the molecule is CC(C#N)CN(C)c1ccc(S(C)(=O)=O)cc1S(C)(=O)=O. The lowest BCUT2D eigenvalue weighted by Gasteiger charge is -2.23. The number of hydrogen-bond donors (Lipinski definition) is 0. The molecule has 0 heterocycles. The van der Waals surface area contributed by atoms with Crippen LogP contribution in [-0.2, 0) is 19.7 Å². The van der Waals surface area contributed by atoms with Gasteiger partial charge in [-0.25, -0.2) is 16.8 Å². The summed E-state index contributed by atoms with van der Waals surface area (Å²) < 4.78 is 46.9. The van der Waals surface area contributed by atoms with Gasteiger partial charge in [0.15, 0.2) is 19.7 Å². The van der Waals surface area contributed by atoms with E-state index in [0.29, 0.717) is 12.2 Å². The summed E-state index contributed by atoms with van der Waals surface area (Å²) >= 11 is 0. The number of benzene rings is 1. The van der Waals surface area contributed by atoms with Gasteiger partial charge in [-0.15, -0.1) is 0 Å². The molecule has 0 N–H and O–H groups in total. The maximum absolute atomic E-state index is 11.9. The van der Waals surface area contributed by atoms with Crippen molar-refractivity contribution >= 4 is 25.4 Å². The summed E-state index contributed by atoms with van der Waals surface area (Å²) in [7, 11) is -5.42. The summed E-state index contributed by atoms with van der Waals surface area (Å²) in [6.45, 7) is 2.07. The van der Waals surface area contributed by atoms with Crippen molar-refractivity contribution in [2.24, 2.45) is 5.92 Å². The Bertz CT molecular complexity index is 777. The molecule has 0 spiro atoms. The quantitative estimate of drug-likeness (QED) is 0.802. The number of hydrogen-bond acceptors (Lipinski definition) is 6. The summed E-state index contributed by atoms with van der Waals surface area (Å²) in [6.07, 6.45) is 2.05. The predicted molar refractivity (Wildman–Crippen MR) is 80.7 cm³/mol. The van der Waals surface area contributed by atoms with Gasteiger partial charge >= 0.3 is 0 Å². The van der Waals surface area contributed by atoms with Crippen molar-refractivity contribution in [1.29, 1.82) is 5.26 Å². The molecule has 0 bridgehead atoms. The Morgan fingerprint density at radius 2 is 1.76 bits per heavy atom. The smallest absolute Gasteiger partial charge is 0.177 e. The monoisotopic (exact) mass is 330 g/mol. The van der Waals surface area contributed by atoms with E-state index < -0.39 is 19.7 Å². The number of nitriles is 1. The fourth-order valence-corrected chi connectivity index (χ4v) is 3.55. The molecule has 0 fully saturated rings. The van der Waals surface area contributed by atoms with E-state index >= 15 is 0 Å². The van der Waals surface area contributed by atoms with Gasteiger partial charge in [0.05, 0.1) is 27.5 Å². The summed E-state index contributed by atoms with van der Waals surface area (Å²) in [5, 5.41) is 8.84. The van der Waals surface area contributed by atoms with Crippen molar-refractivity contribution < 1.29 is 16.8 Å². The first-order valence-corrected chi connectivity index (χ1v) is 9.90. The number of nitrogens with zero attached hydrogens (tertiary/aromatic N) is 2.